The molecule has 3 aromatic rings. The molecule has 8 nitrogen and oxygen atoms in total. The molecule has 2 saturated heterocycles. The van der Waals surface area contributed by atoms with Crippen LogP contribution in [0.3, 0.4) is 0 Å². The highest BCUT2D eigenvalue weighted by molar-refractivity contribution is 5.98. The number of rotatable bonds is 8. The van der Waals surface area contributed by atoms with Gasteiger partial charge in [-0.3, -0.25) is 9.59 Å². The van der Waals surface area contributed by atoms with Crippen molar-refractivity contribution in [2.24, 2.45) is 17.6 Å². The maximum Gasteiger partial charge on any atom is 0.272 e. The first-order valence-corrected chi connectivity index (χ1v) is 12.1. The zero-order chi connectivity index (χ0) is 24.4. The van der Waals surface area contributed by atoms with Gasteiger partial charge in [0, 0.05) is 32.2 Å². The zero-order valence-electron chi connectivity index (χ0n) is 20.0. The van der Waals surface area contributed by atoms with Crippen molar-refractivity contribution in [1.82, 2.24) is 19.6 Å². The molecule has 2 aliphatic rings. The van der Waals surface area contributed by atoms with Crippen molar-refractivity contribution in [2.45, 2.75) is 12.8 Å². The van der Waals surface area contributed by atoms with E-state index in [4.69, 9.17) is 10.5 Å². The average Bonchev–Trinajstić information content (AvgIpc) is 3.58. The van der Waals surface area contributed by atoms with Crippen molar-refractivity contribution in [2.75, 3.05) is 39.8 Å². The molecular formula is C27H31N5O3. The van der Waals surface area contributed by atoms with E-state index in [-0.39, 0.29) is 11.6 Å². The number of carbonyl (C=O) groups is 2. The van der Waals surface area contributed by atoms with E-state index >= 15 is 0 Å². The summed E-state index contributed by atoms with van der Waals surface area (Å²) >= 11 is 0. The van der Waals surface area contributed by atoms with Gasteiger partial charge in [0.05, 0.1) is 12.8 Å². The summed E-state index contributed by atoms with van der Waals surface area (Å²) in [5.74, 6) is 0.874. The first kappa shape index (κ1) is 23.1. The number of hydrogen-bond acceptors (Lipinski definition) is 5. The molecule has 0 saturated carbocycles. The number of nitrogens with two attached hydrogens (primary N) is 1. The van der Waals surface area contributed by atoms with E-state index in [1.54, 1.807) is 31.4 Å². The van der Waals surface area contributed by atoms with Crippen LogP contribution < -0.4 is 10.5 Å². The molecule has 182 valence electrons. The Morgan fingerprint density at radius 1 is 1.00 bits per heavy atom. The number of hydrogen-bond donors (Lipinski definition) is 1. The van der Waals surface area contributed by atoms with Crippen molar-refractivity contribution >= 4 is 11.8 Å². The van der Waals surface area contributed by atoms with E-state index in [1.165, 1.54) is 16.3 Å². The van der Waals surface area contributed by atoms with Gasteiger partial charge in [-0.15, -0.1) is 0 Å². The van der Waals surface area contributed by atoms with Gasteiger partial charge in [-0.2, -0.15) is 5.10 Å². The van der Waals surface area contributed by atoms with Gasteiger partial charge >= 0.3 is 0 Å². The minimum absolute atomic E-state index is 0.0770. The highest BCUT2D eigenvalue weighted by Crippen LogP contribution is 2.32. The molecule has 2 fully saturated rings. The first-order valence-electron chi connectivity index (χ1n) is 12.1. The molecular weight excluding hydrogens is 442 g/mol. The van der Waals surface area contributed by atoms with Crippen LogP contribution in [-0.2, 0) is 6.42 Å². The molecule has 2 atom stereocenters. The van der Waals surface area contributed by atoms with Gasteiger partial charge in [-0.1, -0.05) is 30.3 Å². The summed E-state index contributed by atoms with van der Waals surface area (Å²) in [5, 5.41) is 4.32. The number of aromatic nitrogens is 2. The number of likely N-dealkylation sites (tertiary alicyclic amines) is 2. The summed E-state index contributed by atoms with van der Waals surface area (Å²) in [6.07, 6.45) is 2.23. The fourth-order valence-electron chi connectivity index (χ4n) is 5.33. The van der Waals surface area contributed by atoms with Crippen molar-refractivity contribution in [3.05, 3.63) is 77.6 Å². The third kappa shape index (κ3) is 4.93. The van der Waals surface area contributed by atoms with Crippen molar-refractivity contribution in [3.8, 4) is 11.4 Å². The van der Waals surface area contributed by atoms with Crippen LogP contribution in [0.5, 0.6) is 5.75 Å². The van der Waals surface area contributed by atoms with Gasteiger partial charge in [-0.25, -0.2) is 4.68 Å². The Balaban J connectivity index is 1.23. The molecule has 2 aliphatic heterocycles. The molecule has 3 heterocycles. The van der Waals surface area contributed by atoms with Gasteiger partial charge in [0.25, 0.3) is 11.8 Å². The summed E-state index contributed by atoms with van der Waals surface area (Å²) in [6, 6.07) is 19.3. The van der Waals surface area contributed by atoms with Crippen LogP contribution in [0, 0.1) is 11.8 Å². The van der Waals surface area contributed by atoms with Gasteiger partial charge in [-0.05, 0) is 61.1 Å². The fourth-order valence-corrected chi connectivity index (χ4v) is 5.33. The van der Waals surface area contributed by atoms with Crippen LogP contribution >= 0.6 is 0 Å². The number of aryl methyl sites for hydroxylation is 1. The summed E-state index contributed by atoms with van der Waals surface area (Å²) < 4.78 is 6.73. The minimum Gasteiger partial charge on any atom is -0.497 e. The second-order valence-corrected chi connectivity index (χ2v) is 9.47. The topological polar surface area (TPSA) is 93.7 Å². The highest BCUT2D eigenvalue weighted by Gasteiger charge is 2.42. The predicted molar refractivity (Wildman–Crippen MR) is 133 cm³/mol. The second kappa shape index (κ2) is 9.92. The molecule has 8 heteroatoms. The highest BCUT2D eigenvalue weighted by atomic mass is 16.5. The van der Waals surface area contributed by atoms with Crippen molar-refractivity contribution in [3.63, 3.8) is 0 Å². The Kier molecular flexibility index (Phi) is 6.55. The molecule has 1 unspecified atom stereocenters. The van der Waals surface area contributed by atoms with Crippen LogP contribution in [0.2, 0.25) is 0 Å². The molecule has 0 radical (unpaired) electrons. The largest absolute Gasteiger partial charge is 0.497 e. The molecule has 1 aromatic heterocycles. The summed E-state index contributed by atoms with van der Waals surface area (Å²) in [7, 11) is 1.59. The van der Waals surface area contributed by atoms with E-state index in [9.17, 15) is 9.59 Å². The number of primary amides is 1. The molecule has 0 aliphatic carbocycles. The van der Waals surface area contributed by atoms with Gasteiger partial charge in [0.2, 0.25) is 0 Å². The number of methoxy groups -OCH3 is 1. The van der Waals surface area contributed by atoms with Crippen molar-refractivity contribution < 1.29 is 14.3 Å². The lowest BCUT2D eigenvalue weighted by atomic mass is 10.0. The SMILES string of the molecule is COc1ccc(-n2nc(C(N)=O)cc2C(=O)N2CC3CN(CCCc4ccccc4)C[C@H]3C2)cc1. The zero-order valence-corrected chi connectivity index (χ0v) is 20.0. The van der Waals surface area contributed by atoms with Gasteiger partial charge < -0.3 is 20.3 Å². The Bertz CT molecular complexity index is 1180. The number of amides is 2. The summed E-state index contributed by atoms with van der Waals surface area (Å²) in [5.41, 5.74) is 7.96. The number of fused-ring (bicyclic) bond motifs is 1. The summed E-state index contributed by atoms with van der Waals surface area (Å²) in [6.45, 7) is 4.57. The molecule has 2 N–H and O–H groups in total. The lowest BCUT2D eigenvalue weighted by Crippen LogP contribution is -2.34. The lowest BCUT2D eigenvalue weighted by Gasteiger charge is -2.22. The Hall–Kier alpha value is -3.65. The van der Waals surface area contributed by atoms with Crippen molar-refractivity contribution in [1.29, 1.82) is 0 Å². The van der Waals surface area contributed by atoms with Crippen LogP contribution in [0.1, 0.15) is 33.0 Å². The van der Waals surface area contributed by atoms with Crippen LogP contribution in [0.25, 0.3) is 5.69 Å². The Labute approximate surface area is 205 Å². The standard InChI is InChI=1S/C27H31N5O3/c1-35-23-11-9-22(10-12-23)32-25(14-24(29-32)26(28)33)27(34)31-17-20-15-30(16-21(20)18-31)13-5-8-19-6-3-2-4-7-19/h2-4,6-7,9-12,14,20-21H,5,8,13,15-18H2,1H3,(H2,28,33)/t20-,21?/m0/s1. The number of benzene rings is 2. The Morgan fingerprint density at radius 2 is 1.69 bits per heavy atom. The average molecular weight is 474 g/mol. The van der Waals surface area contributed by atoms with E-state index in [0.29, 0.717) is 29.0 Å². The normalized spacial score (nSPS) is 19.6. The maximum atomic E-state index is 13.5. The Morgan fingerprint density at radius 3 is 2.31 bits per heavy atom. The van der Waals surface area contributed by atoms with E-state index in [1.807, 2.05) is 4.90 Å². The monoisotopic (exact) mass is 473 g/mol. The van der Waals surface area contributed by atoms with E-state index in [2.05, 4.69) is 40.3 Å². The number of ether oxygens (including phenoxy) is 1. The predicted octanol–water partition coefficient (Wildman–Crippen LogP) is 2.62. The van der Waals surface area contributed by atoms with Crippen LogP contribution in [-0.4, -0.2) is 71.2 Å². The molecule has 2 amide bonds. The smallest absolute Gasteiger partial charge is 0.272 e. The third-order valence-electron chi connectivity index (χ3n) is 7.13. The van der Waals surface area contributed by atoms with Crippen LogP contribution in [0.15, 0.2) is 60.7 Å². The van der Waals surface area contributed by atoms with E-state index < -0.39 is 5.91 Å². The second-order valence-electron chi connectivity index (χ2n) is 9.47. The number of carbonyl (C=O) groups excluding carboxylic acids is 2. The lowest BCUT2D eigenvalue weighted by molar-refractivity contribution is 0.0765. The molecule has 0 bridgehead atoms. The quantitative estimate of drug-likeness (QED) is 0.543. The molecule has 2 aromatic carbocycles. The van der Waals surface area contributed by atoms with Gasteiger partial charge in [0.15, 0.2) is 5.69 Å². The van der Waals surface area contributed by atoms with Gasteiger partial charge in [0.1, 0.15) is 11.4 Å². The molecule has 35 heavy (non-hydrogen) atoms. The first-order chi connectivity index (χ1) is 17.0. The van der Waals surface area contributed by atoms with Crippen LogP contribution in [0.4, 0.5) is 0 Å². The minimum atomic E-state index is -0.657. The third-order valence-corrected chi connectivity index (χ3v) is 7.13. The maximum absolute atomic E-state index is 13.5. The van der Waals surface area contributed by atoms with E-state index in [0.717, 1.165) is 45.6 Å². The molecule has 5 rings (SSSR count). The summed E-state index contributed by atoms with van der Waals surface area (Å²) in [4.78, 5) is 29.8. The fraction of sp³-hybridized carbons (Fsp3) is 0.370. The number of nitrogens with zero attached hydrogens (tertiary/aromatic N) is 4. The molecule has 0 spiro atoms.